The molecule has 1 saturated heterocycles. The minimum atomic E-state index is 0.0210. The van der Waals surface area contributed by atoms with Crippen LogP contribution in [0.2, 0.25) is 0 Å². The van der Waals surface area contributed by atoms with Gasteiger partial charge in [0.25, 0.3) is 0 Å². The highest BCUT2D eigenvalue weighted by atomic mass is 32.2. The fraction of sp³-hybridized carbons (Fsp3) is 0.455. The average Bonchev–Trinajstić information content (AvgIpc) is 2.73. The van der Waals surface area contributed by atoms with Crippen LogP contribution in [-0.2, 0) is 21.0 Å². The molecule has 0 bridgehead atoms. The van der Waals surface area contributed by atoms with E-state index in [0.29, 0.717) is 0 Å². The smallest absolute Gasteiger partial charge is 0.114 e. The molecule has 140 valence electrons. The van der Waals surface area contributed by atoms with Gasteiger partial charge in [0.2, 0.25) is 0 Å². The molecule has 1 heterocycles. The molecule has 26 heavy (non-hydrogen) atoms. The molecule has 0 saturated carbocycles. The summed E-state index contributed by atoms with van der Waals surface area (Å²) in [6.45, 7) is 4.57. The van der Waals surface area contributed by atoms with Crippen LogP contribution in [-0.4, -0.2) is 24.0 Å². The lowest BCUT2D eigenvalue weighted by atomic mass is 9.93. The summed E-state index contributed by atoms with van der Waals surface area (Å²) in [6.07, 6.45) is 6.79. The van der Waals surface area contributed by atoms with E-state index in [9.17, 15) is 0 Å². The van der Waals surface area contributed by atoms with Crippen molar-refractivity contribution in [1.29, 1.82) is 0 Å². The Morgan fingerprint density at radius 3 is 1.46 bits per heavy atom. The van der Waals surface area contributed by atoms with Crippen molar-refractivity contribution in [3.05, 3.63) is 70.8 Å². The van der Waals surface area contributed by atoms with Gasteiger partial charge >= 0.3 is 0 Å². The van der Waals surface area contributed by atoms with Crippen LogP contribution < -0.4 is 0 Å². The van der Waals surface area contributed by atoms with Crippen molar-refractivity contribution in [3.8, 4) is 0 Å². The minimum absolute atomic E-state index is 0.0210. The van der Waals surface area contributed by atoms with E-state index >= 15 is 0 Å². The van der Waals surface area contributed by atoms with Crippen molar-refractivity contribution in [1.82, 2.24) is 0 Å². The van der Waals surface area contributed by atoms with Gasteiger partial charge in [-0.05, 0) is 47.6 Å². The number of thioether (sulfide) groups is 4. The summed E-state index contributed by atoms with van der Waals surface area (Å²) < 4.78 is 0.0421. The molecule has 0 nitrogen and oxygen atoms in total. The van der Waals surface area contributed by atoms with Crippen LogP contribution in [0.25, 0.3) is 0 Å². The Kier molecular flexibility index (Phi) is 7.04. The molecule has 0 unspecified atom stereocenters. The first-order valence-electron chi connectivity index (χ1n) is 9.24. The van der Waals surface area contributed by atoms with Crippen molar-refractivity contribution < 1.29 is 0 Å². The number of benzene rings is 2. The molecule has 1 aliphatic heterocycles. The van der Waals surface area contributed by atoms with Crippen molar-refractivity contribution in [2.24, 2.45) is 0 Å². The van der Waals surface area contributed by atoms with E-state index < -0.39 is 0 Å². The van der Waals surface area contributed by atoms with Gasteiger partial charge in [0, 0.05) is 11.5 Å². The second kappa shape index (κ2) is 8.89. The molecule has 4 heteroatoms. The first-order valence-corrected chi connectivity index (χ1v) is 13.7. The van der Waals surface area contributed by atoms with Crippen LogP contribution >= 0.6 is 47.0 Å². The molecule has 0 aliphatic carbocycles. The van der Waals surface area contributed by atoms with Crippen LogP contribution in [0.1, 0.15) is 36.1 Å². The fourth-order valence-electron chi connectivity index (χ4n) is 3.98. The summed E-state index contributed by atoms with van der Waals surface area (Å²) in [6, 6.07) is 18.2. The van der Waals surface area contributed by atoms with Gasteiger partial charge in [-0.25, -0.2) is 0 Å². The van der Waals surface area contributed by atoms with Crippen LogP contribution in [0.3, 0.4) is 0 Å². The van der Waals surface area contributed by atoms with E-state index in [1.165, 1.54) is 33.8 Å². The van der Waals surface area contributed by atoms with Crippen molar-refractivity contribution in [3.63, 3.8) is 0 Å². The monoisotopic (exact) mass is 420 g/mol. The Hall–Kier alpha value is -0.160. The second-order valence-corrected chi connectivity index (χ2v) is 11.5. The normalized spacial score (nSPS) is 26.0. The third-order valence-corrected chi connectivity index (χ3v) is 12.6. The molecule has 0 spiro atoms. The zero-order chi connectivity index (χ0) is 18.6. The van der Waals surface area contributed by atoms with E-state index in [1.807, 2.05) is 23.5 Å². The van der Waals surface area contributed by atoms with Crippen molar-refractivity contribution >= 4 is 47.0 Å². The number of hydrogen-bond acceptors (Lipinski definition) is 4. The fourth-order valence-corrected chi connectivity index (χ4v) is 11.3. The molecule has 0 amide bonds. The Bertz CT molecular complexity index is 681. The van der Waals surface area contributed by atoms with Gasteiger partial charge in [-0.2, -0.15) is 0 Å². The zero-order valence-corrected chi connectivity index (χ0v) is 19.3. The van der Waals surface area contributed by atoms with E-state index in [0.717, 1.165) is 12.8 Å². The maximum atomic E-state index is 2.38. The number of rotatable bonds is 6. The van der Waals surface area contributed by atoms with E-state index in [-0.39, 0.29) is 8.16 Å². The Morgan fingerprint density at radius 2 is 1.12 bits per heavy atom. The van der Waals surface area contributed by atoms with Crippen LogP contribution in [0, 0.1) is 0 Å². The van der Waals surface area contributed by atoms with Crippen LogP contribution in [0.15, 0.2) is 48.5 Å². The third-order valence-electron chi connectivity index (χ3n) is 5.21. The maximum Gasteiger partial charge on any atom is 0.114 e. The van der Waals surface area contributed by atoms with E-state index in [4.69, 9.17) is 0 Å². The van der Waals surface area contributed by atoms with Gasteiger partial charge < -0.3 is 0 Å². The van der Waals surface area contributed by atoms with Crippen LogP contribution in [0.4, 0.5) is 0 Å². The molecule has 2 aromatic rings. The van der Waals surface area contributed by atoms with E-state index in [1.54, 1.807) is 0 Å². The standard InChI is InChI=1S/C22H28S4/c1-5-17-11-7-9-13-19(17)21(23-3)22(24-4,26-16-15-25-21)20-14-10-8-12-18(20)6-2/h7-14H,5-6,15-16H2,1-4H3/t21-,22+. The molecule has 0 radical (unpaired) electrons. The molecule has 0 N–H and O–H groups in total. The lowest BCUT2D eigenvalue weighted by Crippen LogP contribution is -2.44. The summed E-state index contributed by atoms with van der Waals surface area (Å²) in [7, 11) is 0. The maximum absolute atomic E-state index is 2.38. The Morgan fingerprint density at radius 1 is 0.731 bits per heavy atom. The minimum Gasteiger partial charge on any atom is -0.140 e. The first-order chi connectivity index (χ1) is 12.7. The lowest BCUT2D eigenvalue weighted by molar-refractivity contribution is 0.757. The van der Waals surface area contributed by atoms with E-state index in [2.05, 4.69) is 98.4 Å². The Labute approximate surface area is 176 Å². The van der Waals surface area contributed by atoms with Gasteiger partial charge in [-0.1, -0.05) is 62.4 Å². The summed E-state index contributed by atoms with van der Waals surface area (Å²) in [5.41, 5.74) is 6.02. The van der Waals surface area contributed by atoms with Gasteiger partial charge in [0.15, 0.2) is 0 Å². The zero-order valence-electron chi connectivity index (χ0n) is 16.1. The quantitative estimate of drug-likeness (QED) is 0.492. The molecular formula is C22H28S4. The predicted molar refractivity (Wildman–Crippen MR) is 127 cm³/mol. The summed E-state index contributed by atoms with van der Waals surface area (Å²) >= 11 is 8.41. The Balaban J connectivity index is 2.30. The molecule has 1 aliphatic rings. The van der Waals surface area contributed by atoms with Gasteiger partial charge in [-0.3, -0.25) is 0 Å². The molecule has 1 fully saturated rings. The van der Waals surface area contributed by atoms with Gasteiger partial charge in [-0.15, -0.1) is 47.0 Å². The highest BCUT2D eigenvalue weighted by Crippen LogP contribution is 2.70. The largest absolute Gasteiger partial charge is 0.140 e. The number of hydrogen-bond donors (Lipinski definition) is 0. The van der Waals surface area contributed by atoms with Crippen LogP contribution in [0.5, 0.6) is 0 Å². The molecular weight excluding hydrogens is 393 g/mol. The second-order valence-electron chi connectivity index (χ2n) is 6.36. The first kappa shape index (κ1) is 20.6. The highest BCUT2D eigenvalue weighted by Gasteiger charge is 2.57. The van der Waals surface area contributed by atoms with Gasteiger partial charge in [0.05, 0.1) is 0 Å². The lowest BCUT2D eigenvalue weighted by Gasteiger charge is -2.52. The summed E-state index contributed by atoms with van der Waals surface area (Å²) in [4.78, 5) is 0. The van der Waals surface area contributed by atoms with Crippen molar-refractivity contribution in [2.75, 3.05) is 24.0 Å². The topological polar surface area (TPSA) is 0 Å². The third kappa shape index (κ3) is 3.25. The van der Waals surface area contributed by atoms with Crippen molar-refractivity contribution in [2.45, 2.75) is 34.8 Å². The molecule has 3 rings (SSSR count). The number of aryl methyl sites for hydroxylation is 2. The predicted octanol–water partition coefficient (Wildman–Crippen LogP) is 7.02. The SMILES string of the molecule is CCc1ccccc1[C@]1(SC)SCCS[C@]1(SC)c1ccccc1CC. The van der Waals surface area contributed by atoms with Gasteiger partial charge in [0.1, 0.15) is 8.16 Å². The summed E-state index contributed by atoms with van der Waals surface area (Å²) in [5, 5.41) is 0. The molecule has 2 atom stereocenters. The molecule has 2 aromatic carbocycles. The summed E-state index contributed by atoms with van der Waals surface area (Å²) in [5.74, 6) is 2.42. The highest BCUT2D eigenvalue weighted by molar-refractivity contribution is 8.25. The molecule has 0 aromatic heterocycles. The average molecular weight is 421 g/mol.